The fraction of sp³-hybridized carbons (Fsp3) is 0.409. The number of allylic oxidation sites excluding steroid dienone is 1. The van der Waals surface area contributed by atoms with Crippen LogP contribution in [0.15, 0.2) is 47.2 Å². The van der Waals surface area contributed by atoms with Gasteiger partial charge in [0.15, 0.2) is 11.5 Å². The Kier molecular flexibility index (Phi) is 7.70. The van der Waals surface area contributed by atoms with E-state index in [4.69, 9.17) is 9.26 Å². The van der Waals surface area contributed by atoms with E-state index in [1.807, 2.05) is 13.8 Å². The molecule has 0 aliphatic rings. The number of carbonyl (C=O) groups excluding carboxylic acids is 2. The summed E-state index contributed by atoms with van der Waals surface area (Å²) in [5, 5.41) is 6.44. The van der Waals surface area contributed by atoms with Crippen molar-refractivity contribution in [1.82, 2.24) is 10.5 Å². The number of nitrogens with zero attached hydrogens (tertiary/aromatic N) is 1. The minimum atomic E-state index is -0.695. The Bertz CT molecular complexity index is 858. The Morgan fingerprint density at radius 3 is 2.45 bits per heavy atom. The molecule has 1 N–H and O–H groups in total. The average molecular weight is 402 g/mol. The Labute approximate surface area is 170 Å². The normalized spacial score (nSPS) is 13.0. The monoisotopic (exact) mass is 402 g/mol. The molecule has 0 bridgehead atoms. The summed E-state index contributed by atoms with van der Waals surface area (Å²) < 4.78 is 23.4. The summed E-state index contributed by atoms with van der Waals surface area (Å²) in [7, 11) is 1.50. The minimum Gasteiger partial charge on any atom is -0.501 e. The highest BCUT2D eigenvalue weighted by Crippen LogP contribution is 2.23. The summed E-state index contributed by atoms with van der Waals surface area (Å²) in [5.74, 6) is -0.375. The number of amides is 1. The van der Waals surface area contributed by atoms with Gasteiger partial charge in [-0.3, -0.25) is 9.59 Å². The fourth-order valence-electron chi connectivity index (χ4n) is 3.05. The Morgan fingerprint density at radius 1 is 1.28 bits per heavy atom. The molecule has 1 amide bonds. The van der Waals surface area contributed by atoms with E-state index < -0.39 is 11.9 Å². The summed E-state index contributed by atoms with van der Waals surface area (Å²) in [5.41, 5.74) is 0.996. The maximum Gasteiger partial charge on any atom is 0.274 e. The molecule has 1 unspecified atom stereocenters. The summed E-state index contributed by atoms with van der Waals surface area (Å²) >= 11 is 0. The zero-order valence-corrected chi connectivity index (χ0v) is 17.2. The van der Waals surface area contributed by atoms with Gasteiger partial charge in [0.05, 0.1) is 18.9 Å². The van der Waals surface area contributed by atoms with Crippen LogP contribution in [0.1, 0.15) is 42.1 Å². The molecule has 29 heavy (non-hydrogen) atoms. The summed E-state index contributed by atoms with van der Waals surface area (Å²) in [6.45, 7) is 9.30. The van der Waals surface area contributed by atoms with Gasteiger partial charge in [-0.1, -0.05) is 37.7 Å². The molecule has 0 aliphatic carbocycles. The lowest BCUT2D eigenvalue weighted by Crippen LogP contribution is -2.45. The van der Waals surface area contributed by atoms with E-state index in [9.17, 15) is 14.0 Å². The predicted octanol–water partition coefficient (Wildman–Crippen LogP) is 3.85. The number of hydrogen-bond acceptors (Lipinski definition) is 5. The van der Waals surface area contributed by atoms with E-state index >= 15 is 0 Å². The van der Waals surface area contributed by atoms with Crippen LogP contribution in [0.5, 0.6) is 0 Å². The molecule has 0 saturated heterocycles. The van der Waals surface area contributed by atoms with E-state index in [2.05, 4.69) is 17.1 Å². The van der Waals surface area contributed by atoms with E-state index in [0.717, 1.165) is 5.56 Å². The molecule has 0 aliphatic heterocycles. The molecule has 2 aromatic rings. The number of rotatable bonds is 10. The molecule has 6 nitrogen and oxygen atoms in total. The van der Waals surface area contributed by atoms with Crippen LogP contribution in [-0.2, 0) is 16.0 Å². The number of hydrogen-bond donors (Lipinski definition) is 1. The van der Waals surface area contributed by atoms with Gasteiger partial charge < -0.3 is 14.6 Å². The first-order valence-electron chi connectivity index (χ1n) is 9.45. The van der Waals surface area contributed by atoms with Crippen LogP contribution in [0.3, 0.4) is 0 Å². The number of ketones is 1. The number of aryl methyl sites for hydroxylation is 1. The minimum absolute atomic E-state index is 0.123. The van der Waals surface area contributed by atoms with Crippen molar-refractivity contribution in [3.8, 4) is 0 Å². The van der Waals surface area contributed by atoms with Crippen LogP contribution in [0, 0.1) is 24.6 Å². The van der Waals surface area contributed by atoms with Crippen molar-refractivity contribution in [3.05, 3.63) is 65.5 Å². The predicted molar refractivity (Wildman–Crippen MR) is 107 cm³/mol. The molecule has 2 rings (SSSR count). The quantitative estimate of drug-likeness (QED) is 0.611. The lowest BCUT2D eigenvalue weighted by atomic mass is 9.88. The van der Waals surface area contributed by atoms with Crippen molar-refractivity contribution in [2.24, 2.45) is 11.8 Å². The lowest BCUT2D eigenvalue weighted by Gasteiger charge is -2.24. The van der Waals surface area contributed by atoms with Gasteiger partial charge in [0.2, 0.25) is 0 Å². The SMILES string of the molecule is C=C(OC)[C@@H](CC(=O)C(NC(=O)c1cc(C)on1)C(C)C)Cc1ccc(F)cc1. The summed E-state index contributed by atoms with van der Waals surface area (Å²) in [6.07, 6.45) is 0.602. The average Bonchev–Trinajstić information content (AvgIpc) is 3.12. The van der Waals surface area contributed by atoms with Crippen molar-refractivity contribution < 1.29 is 23.2 Å². The maximum absolute atomic E-state index is 13.2. The van der Waals surface area contributed by atoms with Crippen LogP contribution in [0.2, 0.25) is 0 Å². The zero-order chi connectivity index (χ0) is 21.6. The highest BCUT2D eigenvalue weighted by atomic mass is 19.1. The van der Waals surface area contributed by atoms with Gasteiger partial charge in [-0.25, -0.2) is 4.39 Å². The van der Waals surface area contributed by atoms with Crippen LogP contribution >= 0.6 is 0 Å². The van der Waals surface area contributed by atoms with Crippen LogP contribution in [0.4, 0.5) is 4.39 Å². The summed E-state index contributed by atoms with van der Waals surface area (Å²) in [4.78, 5) is 25.4. The van der Waals surface area contributed by atoms with E-state index in [1.54, 1.807) is 19.1 Å². The molecule has 7 heteroatoms. The van der Waals surface area contributed by atoms with E-state index in [1.165, 1.54) is 25.3 Å². The number of halogens is 1. The van der Waals surface area contributed by atoms with E-state index in [0.29, 0.717) is 17.9 Å². The van der Waals surface area contributed by atoms with Crippen molar-refractivity contribution in [2.75, 3.05) is 7.11 Å². The topological polar surface area (TPSA) is 81.4 Å². The van der Waals surface area contributed by atoms with Gasteiger partial charge in [-0.15, -0.1) is 0 Å². The zero-order valence-electron chi connectivity index (χ0n) is 17.2. The van der Waals surface area contributed by atoms with Crippen molar-refractivity contribution in [2.45, 2.75) is 39.7 Å². The second kappa shape index (κ2) is 10.0. The highest BCUT2D eigenvalue weighted by Gasteiger charge is 2.29. The van der Waals surface area contributed by atoms with Crippen molar-refractivity contribution >= 4 is 11.7 Å². The van der Waals surface area contributed by atoms with Gasteiger partial charge in [0, 0.05) is 18.4 Å². The molecule has 0 radical (unpaired) electrons. The number of aromatic nitrogens is 1. The van der Waals surface area contributed by atoms with Crippen LogP contribution < -0.4 is 5.32 Å². The first-order chi connectivity index (χ1) is 13.7. The first kappa shape index (κ1) is 22.3. The Hall–Kier alpha value is -2.96. The second-order valence-electron chi connectivity index (χ2n) is 7.39. The smallest absolute Gasteiger partial charge is 0.274 e. The molecule has 1 aromatic carbocycles. The maximum atomic E-state index is 13.2. The Morgan fingerprint density at radius 2 is 1.93 bits per heavy atom. The third-order valence-corrected chi connectivity index (χ3v) is 4.72. The number of nitrogens with one attached hydrogen (secondary N) is 1. The van der Waals surface area contributed by atoms with Crippen LogP contribution in [-0.4, -0.2) is 30.0 Å². The number of methoxy groups -OCH3 is 1. The molecular weight excluding hydrogens is 375 g/mol. The van der Waals surface area contributed by atoms with Crippen molar-refractivity contribution in [3.63, 3.8) is 0 Å². The summed E-state index contributed by atoms with van der Waals surface area (Å²) in [6, 6.07) is 6.91. The molecule has 2 atom stereocenters. The van der Waals surface area contributed by atoms with Gasteiger partial charge in [0.25, 0.3) is 5.91 Å². The third kappa shape index (κ3) is 6.27. The molecule has 0 spiro atoms. The molecule has 1 heterocycles. The second-order valence-corrected chi connectivity index (χ2v) is 7.39. The largest absolute Gasteiger partial charge is 0.501 e. The molecular formula is C22H27FN2O4. The Balaban J connectivity index is 2.12. The van der Waals surface area contributed by atoms with E-state index in [-0.39, 0.29) is 35.6 Å². The van der Waals surface area contributed by atoms with Gasteiger partial charge in [-0.05, 0) is 37.0 Å². The highest BCUT2D eigenvalue weighted by molar-refractivity contribution is 5.96. The first-order valence-corrected chi connectivity index (χ1v) is 9.45. The van der Waals surface area contributed by atoms with Gasteiger partial charge in [0.1, 0.15) is 11.6 Å². The number of carbonyl (C=O) groups is 2. The fourth-order valence-corrected chi connectivity index (χ4v) is 3.05. The number of ether oxygens (including phenoxy) is 1. The molecule has 0 saturated carbocycles. The molecule has 0 fully saturated rings. The molecule has 1 aromatic heterocycles. The van der Waals surface area contributed by atoms with Gasteiger partial charge in [-0.2, -0.15) is 0 Å². The molecule has 156 valence electrons. The standard InChI is InChI=1S/C22H27FN2O4/c1-13(2)21(24-22(27)19-10-14(3)29-25-19)20(26)12-17(15(4)28-5)11-16-6-8-18(23)9-7-16/h6-10,13,17,21H,4,11-12H2,1-3,5H3,(H,24,27)/t17-,21?/m1/s1. The number of Topliss-reactive ketones (excluding diaryl/α,β-unsaturated/α-hetero) is 1. The van der Waals surface area contributed by atoms with Crippen molar-refractivity contribution in [1.29, 1.82) is 0 Å². The lowest BCUT2D eigenvalue weighted by molar-refractivity contribution is -0.122. The third-order valence-electron chi connectivity index (χ3n) is 4.72. The van der Waals surface area contributed by atoms with Gasteiger partial charge >= 0.3 is 0 Å². The number of benzene rings is 1. The van der Waals surface area contributed by atoms with Crippen LogP contribution in [0.25, 0.3) is 0 Å².